The molecule has 2 aromatic rings. The van der Waals surface area contributed by atoms with Crippen LogP contribution in [0.3, 0.4) is 0 Å². The summed E-state index contributed by atoms with van der Waals surface area (Å²) in [4.78, 5) is 23.3. The van der Waals surface area contributed by atoms with Crippen molar-refractivity contribution >= 4 is 35.1 Å². The average molecular weight is 382 g/mol. The van der Waals surface area contributed by atoms with Crippen LogP contribution in [0.15, 0.2) is 42.5 Å². The molecule has 7 heteroatoms. The Hall–Kier alpha value is -2.24. The van der Waals surface area contributed by atoms with Gasteiger partial charge in [0, 0.05) is 16.6 Å². The molecule has 0 aliphatic rings. The van der Waals surface area contributed by atoms with Crippen LogP contribution < -0.4 is 10.1 Å². The zero-order valence-corrected chi connectivity index (χ0v) is 15.1. The highest BCUT2D eigenvalue weighted by Crippen LogP contribution is 2.21. The lowest BCUT2D eigenvalue weighted by Gasteiger charge is -2.10. The Labute approximate surface area is 155 Å². The number of amides is 1. The molecule has 0 atom stereocenters. The predicted molar refractivity (Wildman–Crippen MR) is 95.9 cm³/mol. The van der Waals surface area contributed by atoms with Gasteiger partial charge in [-0.3, -0.25) is 4.79 Å². The number of rotatable bonds is 7. The molecule has 2 aromatic carbocycles. The minimum atomic E-state index is -0.632. The molecule has 0 radical (unpaired) electrons. The summed E-state index contributed by atoms with van der Waals surface area (Å²) in [6, 6.07) is 12.2. The molecule has 0 bridgehead atoms. The maximum absolute atomic E-state index is 11.7. The number of ether oxygens (including phenoxy) is 2. The first-order valence-electron chi connectivity index (χ1n) is 7.50. The average Bonchev–Trinajstić information content (AvgIpc) is 2.57. The van der Waals surface area contributed by atoms with Gasteiger partial charge in [0.2, 0.25) is 0 Å². The first-order chi connectivity index (χ1) is 11.9. The van der Waals surface area contributed by atoms with E-state index in [1.165, 1.54) is 0 Å². The van der Waals surface area contributed by atoms with Gasteiger partial charge in [-0.25, -0.2) is 4.79 Å². The van der Waals surface area contributed by atoms with E-state index in [2.05, 4.69) is 5.32 Å². The van der Waals surface area contributed by atoms with Crippen LogP contribution in [0.25, 0.3) is 0 Å². The summed E-state index contributed by atoms with van der Waals surface area (Å²) in [6.45, 7) is 1.46. The van der Waals surface area contributed by atoms with E-state index in [1.54, 1.807) is 36.4 Å². The van der Waals surface area contributed by atoms with Gasteiger partial charge < -0.3 is 14.8 Å². The van der Waals surface area contributed by atoms with Crippen molar-refractivity contribution in [2.75, 3.05) is 13.2 Å². The van der Waals surface area contributed by atoms with Gasteiger partial charge in [-0.2, -0.15) is 0 Å². The Morgan fingerprint density at radius 2 is 1.80 bits per heavy atom. The van der Waals surface area contributed by atoms with Crippen molar-refractivity contribution in [2.45, 2.75) is 13.5 Å². The lowest BCUT2D eigenvalue weighted by molar-refractivity contribution is -0.150. The zero-order chi connectivity index (χ0) is 18.2. The summed E-state index contributed by atoms with van der Waals surface area (Å²) in [5, 5.41) is 3.82. The van der Waals surface area contributed by atoms with Crippen molar-refractivity contribution < 1.29 is 19.1 Å². The van der Waals surface area contributed by atoms with Crippen LogP contribution in [-0.4, -0.2) is 25.1 Å². The SMILES string of the molecule is Cc1cc(Cl)ccc1OCC(=O)OCC(=O)NCc1cccc(Cl)c1. The number of nitrogens with one attached hydrogen (secondary N) is 1. The van der Waals surface area contributed by atoms with Crippen molar-refractivity contribution in [3.63, 3.8) is 0 Å². The highest BCUT2D eigenvalue weighted by atomic mass is 35.5. The Kier molecular flexibility index (Phi) is 7.10. The minimum absolute atomic E-state index is 0.288. The normalized spacial score (nSPS) is 10.2. The van der Waals surface area contributed by atoms with E-state index in [1.807, 2.05) is 13.0 Å². The molecule has 2 rings (SSSR count). The van der Waals surface area contributed by atoms with Crippen LogP contribution in [-0.2, 0) is 20.9 Å². The van der Waals surface area contributed by atoms with E-state index >= 15 is 0 Å². The predicted octanol–water partition coefficient (Wildman–Crippen LogP) is 3.54. The molecule has 0 aromatic heterocycles. The van der Waals surface area contributed by atoms with Crippen LogP contribution in [0.5, 0.6) is 5.75 Å². The molecule has 0 heterocycles. The van der Waals surface area contributed by atoms with Crippen molar-refractivity contribution in [1.82, 2.24) is 5.32 Å². The Bertz CT molecular complexity index is 764. The van der Waals surface area contributed by atoms with Crippen molar-refractivity contribution in [2.24, 2.45) is 0 Å². The van der Waals surface area contributed by atoms with E-state index in [0.717, 1.165) is 11.1 Å². The standard InChI is InChI=1S/C18H17Cl2NO4/c1-12-7-15(20)5-6-16(12)24-11-18(23)25-10-17(22)21-9-13-3-2-4-14(19)8-13/h2-8H,9-11H2,1H3,(H,21,22). The molecule has 132 valence electrons. The molecule has 0 aliphatic heterocycles. The summed E-state index contributed by atoms with van der Waals surface area (Å²) >= 11 is 11.7. The number of esters is 1. The number of hydrogen-bond acceptors (Lipinski definition) is 4. The second-order valence-electron chi connectivity index (χ2n) is 5.27. The summed E-state index contributed by atoms with van der Waals surface area (Å²) in [5.41, 5.74) is 1.66. The smallest absolute Gasteiger partial charge is 0.344 e. The lowest BCUT2D eigenvalue weighted by atomic mass is 10.2. The molecule has 0 unspecified atom stereocenters. The topological polar surface area (TPSA) is 64.6 Å². The molecule has 1 N–H and O–H groups in total. The number of hydrogen-bond donors (Lipinski definition) is 1. The molecular formula is C18H17Cl2NO4. The number of carbonyl (C=O) groups excluding carboxylic acids is 2. The van der Waals surface area contributed by atoms with Crippen LogP contribution in [0, 0.1) is 6.92 Å². The molecular weight excluding hydrogens is 365 g/mol. The van der Waals surface area contributed by atoms with E-state index < -0.39 is 11.9 Å². The van der Waals surface area contributed by atoms with Crippen LogP contribution in [0.1, 0.15) is 11.1 Å². The van der Waals surface area contributed by atoms with Crippen molar-refractivity contribution in [1.29, 1.82) is 0 Å². The monoisotopic (exact) mass is 381 g/mol. The molecule has 0 saturated heterocycles. The van der Waals surface area contributed by atoms with Gasteiger partial charge >= 0.3 is 5.97 Å². The third-order valence-electron chi connectivity index (χ3n) is 3.23. The number of benzene rings is 2. The molecule has 25 heavy (non-hydrogen) atoms. The summed E-state index contributed by atoms with van der Waals surface area (Å²) in [5.74, 6) is -0.505. The van der Waals surface area contributed by atoms with Gasteiger partial charge in [0.05, 0.1) is 0 Å². The molecule has 0 aliphatic carbocycles. The maximum atomic E-state index is 11.7. The highest BCUT2D eigenvalue weighted by molar-refractivity contribution is 6.30. The lowest BCUT2D eigenvalue weighted by Crippen LogP contribution is -2.29. The summed E-state index contributed by atoms with van der Waals surface area (Å²) < 4.78 is 10.2. The van der Waals surface area contributed by atoms with Gasteiger partial charge in [-0.1, -0.05) is 35.3 Å². The number of carbonyl (C=O) groups is 2. The van der Waals surface area contributed by atoms with Gasteiger partial charge in [0.1, 0.15) is 5.75 Å². The Morgan fingerprint density at radius 1 is 1.04 bits per heavy atom. The zero-order valence-electron chi connectivity index (χ0n) is 13.6. The third-order valence-corrected chi connectivity index (χ3v) is 3.70. The van der Waals surface area contributed by atoms with E-state index in [-0.39, 0.29) is 13.2 Å². The van der Waals surface area contributed by atoms with Crippen LogP contribution >= 0.6 is 23.2 Å². The second-order valence-corrected chi connectivity index (χ2v) is 6.14. The van der Waals surface area contributed by atoms with Crippen molar-refractivity contribution in [3.8, 4) is 5.75 Å². The Morgan fingerprint density at radius 3 is 2.52 bits per heavy atom. The van der Waals surface area contributed by atoms with Crippen LogP contribution in [0.2, 0.25) is 10.0 Å². The van der Waals surface area contributed by atoms with Gasteiger partial charge in [0.15, 0.2) is 13.2 Å². The quantitative estimate of drug-likeness (QED) is 0.744. The fourth-order valence-electron chi connectivity index (χ4n) is 2.00. The fraction of sp³-hybridized carbons (Fsp3) is 0.222. The highest BCUT2D eigenvalue weighted by Gasteiger charge is 2.09. The van der Waals surface area contributed by atoms with Gasteiger partial charge in [0.25, 0.3) is 5.91 Å². The van der Waals surface area contributed by atoms with Gasteiger partial charge in [-0.05, 0) is 48.4 Å². The third kappa shape index (κ3) is 6.64. The van der Waals surface area contributed by atoms with E-state index in [4.69, 9.17) is 32.7 Å². The second kappa shape index (κ2) is 9.30. The number of halogens is 2. The molecule has 0 fully saturated rings. The molecule has 1 amide bonds. The molecule has 0 saturated carbocycles. The fourth-order valence-corrected chi connectivity index (χ4v) is 2.44. The van der Waals surface area contributed by atoms with E-state index in [9.17, 15) is 9.59 Å². The molecule has 0 spiro atoms. The minimum Gasteiger partial charge on any atom is -0.482 e. The summed E-state index contributed by atoms with van der Waals surface area (Å²) in [6.07, 6.45) is 0. The van der Waals surface area contributed by atoms with Gasteiger partial charge in [-0.15, -0.1) is 0 Å². The maximum Gasteiger partial charge on any atom is 0.344 e. The van der Waals surface area contributed by atoms with Crippen molar-refractivity contribution in [3.05, 3.63) is 63.6 Å². The molecule has 5 nitrogen and oxygen atoms in total. The Balaban J connectivity index is 1.69. The first kappa shape index (κ1) is 19.1. The largest absolute Gasteiger partial charge is 0.482 e. The van der Waals surface area contributed by atoms with E-state index in [0.29, 0.717) is 22.3 Å². The van der Waals surface area contributed by atoms with Crippen LogP contribution in [0.4, 0.5) is 0 Å². The number of aryl methyl sites for hydroxylation is 1. The summed E-state index contributed by atoms with van der Waals surface area (Å²) in [7, 11) is 0. The first-order valence-corrected chi connectivity index (χ1v) is 8.25.